The lowest BCUT2D eigenvalue weighted by Crippen LogP contribution is -2.40. The molecule has 0 radical (unpaired) electrons. The summed E-state index contributed by atoms with van der Waals surface area (Å²) in [7, 11) is 0. The van der Waals surface area contributed by atoms with Crippen molar-refractivity contribution >= 4 is 23.5 Å². The highest BCUT2D eigenvalue weighted by Crippen LogP contribution is 2.40. The number of thioether (sulfide) groups is 1. The predicted octanol–water partition coefficient (Wildman–Crippen LogP) is 1.92. The Bertz CT molecular complexity index is 330. The smallest absolute Gasteiger partial charge is 0.321 e. The number of hydrogen-bond acceptors (Lipinski definition) is 4. The molecule has 0 aromatic rings. The average molecular weight is 273 g/mol. The van der Waals surface area contributed by atoms with Gasteiger partial charge in [-0.25, -0.2) is 0 Å². The van der Waals surface area contributed by atoms with E-state index in [1.807, 2.05) is 13.8 Å². The largest absolute Gasteiger partial charge is 0.480 e. The Morgan fingerprint density at radius 1 is 1.56 bits per heavy atom. The van der Waals surface area contributed by atoms with Gasteiger partial charge in [0, 0.05) is 22.8 Å². The van der Waals surface area contributed by atoms with Crippen molar-refractivity contribution in [3.63, 3.8) is 0 Å². The summed E-state index contributed by atoms with van der Waals surface area (Å²) in [5.41, 5.74) is 5.50. The molecule has 3 N–H and O–H groups in total. The number of rotatable bonds is 5. The van der Waals surface area contributed by atoms with Crippen molar-refractivity contribution in [1.82, 2.24) is 0 Å². The van der Waals surface area contributed by atoms with E-state index in [0.717, 1.165) is 12.8 Å². The number of Topliss-reactive ketones (excluding diaryl/α,β-unsaturated/α-hetero) is 1. The fraction of sp³-hybridized carbons (Fsp3) is 0.846. The lowest BCUT2D eigenvalue weighted by atomic mass is 9.76. The van der Waals surface area contributed by atoms with Gasteiger partial charge in [-0.1, -0.05) is 6.92 Å². The quantitative estimate of drug-likeness (QED) is 0.800. The van der Waals surface area contributed by atoms with Crippen molar-refractivity contribution < 1.29 is 14.7 Å². The van der Waals surface area contributed by atoms with E-state index in [1.54, 1.807) is 0 Å². The van der Waals surface area contributed by atoms with Gasteiger partial charge in [0.2, 0.25) is 0 Å². The standard InChI is InChI=1S/C13H23NO3S/c1-8-4-5-9(11(15)6-8)13(2,3)18-7-10(14)12(16)17/h8-10H,4-7,14H2,1-3H3,(H,16,17)/t8-,9?,10+/m1/s1. The fourth-order valence-corrected chi connectivity index (χ4v) is 3.61. The van der Waals surface area contributed by atoms with Crippen LogP contribution in [0.25, 0.3) is 0 Å². The van der Waals surface area contributed by atoms with Crippen LogP contribution < -0.4 is 5.73 Å². The molecule has 0 amide bonds. The van der Waals surface area contributed by atoms with Gasteiger partial charge in [-0.15, -0.1) is 0 Å². The van der Waals surface area contributed by atoms with Crippen LogP contribution in [0.2, 0.25) is 0 Å². The number of carboxylic acids is 1. The van der Waals surface area contributed by atoms with Crippen molar-refractivity contribution in [1.29, 1.82) is 0 Å². The van der Waals surface area contributed by atoms with Gasteiger partial charge in [0.25, 0.3) is 0 Å². The van der Waals surface area contributed by atoms with Gasteiger partial charge in [-0.05, 0) is 32.6 Å². The summed E-state index contributed by atoms with van der Waals surface area (Å²) in [4.78, 5) is 22.8. The number of hydrogen-bond donors (Lipinski definition) is 2. The van der Waals surface area contributed by atoms with E-state index in [-0.39, 0.29) is 10.7 Å². The molecule has 0 spiro atoms. The van der Waals surface area contributed by atoms with Gasteiger partial charge in [-0.3, -0.25) is 9.59 Å². The van der Waals surface area contributed by atoms with Crippen LogP contribution in [0.1, 0.15) is 40.0 Å². The Hall–Kier alpha value is -0.550. The molecule has 1 aliphatic carbocycles. The van der Waals surface area contributed by atoms with Crippen LogP contribution in [-0.4, -0.2) is 33.4 Å². The van der Waals surface area contributed by atoms with E-state index >= 15 is 0 Å². The minimum Gasteiger partial charge on any atom is -0.480 e. The van der Waals surface area contributed by atoms with Crippen LogP contribution in [0.4, 0.5) is 0 Å². The summed E-state index contributed by atoms with van der Waals surface area (Å²) in [6.07, 6.45) is 2.63. The van der Waals surface area contributed by atoms with Crippen LogP contribution in [0, 0.1) is 11.8 Å². The number of nitrogens with two attached hydrogens (primary N) is 1. The summed E-state index contributed by atoms with van der Waals surface area (Å²) < 4.78 is -0.232. The van der Waals surface area contributed by atoms with Crippen LogP contribution >= 0.6 is 11.8 Å². The summed E-state index contributed by atoms with van der Waals surface area (Å²) in [5.74, 6) is 0.189. The monoisotopic (exact) mass is 273 g/mol. The number of ketones is 1. The molecule has 0 aliphatic heterocycles. The second kappa shape index (κ2) is 6.06. The third kappa shape index (κ3) is 3.99. The Kier molecular flexibility index (Phi) is 5.22. The summed E-state index contributed by atoms with van der Waals surface area (Å²) in [6.45, 7) is 6.14. The molecule has 1 rings (SSSR count). The number of aliphatic carboxylic acids is 1. The minimum atomic E-state index is -0.984. The topological polar surface area (TPSA) is 80.4 Å². The molecule has 0 saturated heterocycles. The van der Waals surface area contributed by atoms with E-state index in [0.29, 0.717) is 23.9 Å². The molecule has 5 heteroatoms. The highest BCUT2D eigenvalue weighted by Gasteiger charge is 2.38. The van der Waals surface area contributed by atoms with Gasteiger partial charge in [-0.2, -0.15) is 11.8 Å². The first-order chi connectivity index (χ1) is 8.24. The molecule has 0 aromatic heterocycles. The van der Waals surface area contributed by atoms with Gasteiger partial charge >= 0.3 is 5.97 Å². The van der Waals surface area contributed by atoms with Crippen LogP contribution in [0.15, 0.2) is 0 Å². The highest BCUT2D eigenvalue weighted by molar-refractivity contribution is 8.00. The zero-order chi connectivity index (χ0) is 13.9. The molecule has 1 saturated carbocycles. The van der Waals surface area contributed by atoms with Gasteiger partial charge in [0.15, 0.2) is 0 Å². The normalized spacial score (nSPS) is 27.0. The Morgan fingerprint density at radius 2 is 2.17 bits per heavy atom. The maximum absolute atomic E-state index is 12.1. The van der Waals surface area contributed by atoms with Crippen molar-refractivity contribution in [2.75, 3.05) is 5.75 Å². The Labute approximate surface area is 113 Å². The maximum atomic E-state index is 12.1. The summed E-state index contributed by atoms with van der Waals surface area (Å²) in [5, 5.41) is 8.77. The summed E-state index contributed by atoms with van der Waals surface area (Å²) >= 11 is 1.50. The zero-order valence-electron chi connectivity index (χ0n) is 11.3. The van der Waals surface area contributed by atoms with E-state index < -0.39 is 12.0 Å². The molecule has 104 valence electrons. The third-order valence-corrected chi connectivity index (χ3v) is 5.23. The van der Waals surface area contributed by atoms with E-state index in [1.165, 1.54) is 11.8 Å². The number of carbonyl (C=O) groups is 2. The van der Waals surface area contributed by atoms with E-state index in [9.17, 15) is 9.59 Å². The van der Waals surface area contributed by atoms with Crippen molar-refractivity contribution in [2.24, 2.45) is 17.6 Å². The second-order valence-corrected chi connectivity index (χ2v) is 7.44. The van der Waals surface area contributed by atoms with Crippen molar-refractivity contribution in [2.45, 2.75) is 50.8 Å². The highest BCUT2D eigenvalue weighted by atomic mass is 32.2. The minimum absolute atomic E-state index is 0.0275. The molecule has 18 heavy (non-hydrogen) atoms. The number of carboxylic acid groups (broad SMARTS) is 1. The van der Waals surface area contributed by atoms with Gasteiger partial charge in [0.05, 0.1) is 0 Å². The third-order valence-electron chi connectivity index (χ3n) is 3.68. The molecule has 1 aliphatic rings. The molecule has 0 bridgehead atoms. The first-order valence-electron chi connectivity index (χ1n) is 6.39. The van der Waals surface area contributed by atoms with Gasteiger partial charge in [0.1, 0.15) is 11.8 Å². The molecular formula is C13H23NO3S. The first kappa shape index (κ1) is 15.5. The lowest BCUT2D eigenvalue weighted by Gasteiger charge is -2.37. The molecule has 4 nitrogen and oxygen atoms in total. The van der Waals surface area contributed by atoms with Crippen molar-refractivity contribution in [3.05, 3.63) is 0 Å². The van der Waals surface area contributed by atoms with E-state index in [2.05, 4.69) is 6.92 Å². The Morgan fingerprint density at radius 3 is 2.67 bits per heavy atom. The molecule has 0 aromatic carbocycles. The van der Waals surface area contributed by atoms with Crippen LogP contribution in [-0.2, 0) is 9.59 Å². The fourth-order valence-electron chi connectivity index (χ4n) is 2.41. The zero-order valence-corrected chi connectivity index (χ0v) is 12.1. The molecule has 1 fully saturated rings. The van der Waals surface area contributed by atoms with Crippen LogP contribution in [0.5, 0.6) is 0 Å². The SMILES string of the molecule is C[C@@H]1CCC(C(C)(C)SC[C@H](N)C(=O)O)C(=O)C1. The lowest BCUT2D eigenvalue weighted by molar-refractivity contribution is -0.137. The molecule has 1 unspecified atom stereocenters. The first-order valence-corrected chi connectivity index (χ1v) is 7.37. The van der Waals surface area contributed by atoms with Crippen LogP contribution in [0.3, 0.4) is 0 Å². The average Bonchev–Trinajstić information content (AvgIpc) is 2.25. The van der Waals surface area contributed by atoms with Gasteiger partial charge < -0.3 is 10.8 Å². The van der Waals surface area contributed by atoms with Crippen molar-refractivity contribution in [3.8, 4) is 0 Å². The predicted molar refractivity (Wildman–Crippen MR) is 73.7 cm³/mol. The molecule has 3 atom stereocenters. The second-order valence-electron chi connectivity index (χ2n) is 5.76. The molecular weight excluding hydrogens is 250 g/mol. The number of carbonyl (C=O) groups excluding carboxylic acids is 1. The summed E-state index contributed by atoms with van der Waals surface area (Å²) in [6, 6.07) is -0.855. The maximum Gasteiger partial charge on any atom is 0.321 e. The Balaban J connectivity index is 2.57. The molecule has 0 heterocycles. The van der Waals surface area contributed by atoms with E-state index in [4.69, 9.17) is 10.8 Å².